The Morgan fingerprint density at radius 1 is 0.962 bits per heavy atom. The molecule has 0 radical (unpaired) electrons. The fraction of sp³-hybridized carbons (Fsp3) is 0.333. The van der Waals surface area contributed by atoms with Crippen molar-refractivity contribution in [2.45, 2.75) is 25.6 Å². The van der Waals surface area contributed by atoms with Gasteiger partial charge in [-0.25, -0.2) is 0 Å². The summed E-state index contributed by atoms with van der Waals surface area (Å²) >= 11 is 6.37. The van der Waals surface area contributed by atoms with Crippen LogP contribution < -0.4 is 14.2 Å². The van der Waals surface area contributed by atoms with E-state index in [1.807, 2.05) is 48.6 Å². The second-order valence-corrected chi connectivity index (χ2v) is 6.49. The molecule has 0 N–H and O–H groups in total. The van der Waals surface area contributed by atoms with Crippen LogP contribution >= 0.6 is 11.6 Å². The summed E-state index contributed by atoms with van der Waals surface area (Å²) in [5, 5.41) is 0.574. The number of hydrogen-bond donors (Lipinski definition) is 0. The van der Waals surface area contributed by atoms with E-state index < -0.39 is 0 Å². The van der Waals surface area contributed by atoms with E-state index in [1.54, 1.807) is 14.2 Å². The van der Waals surface area contributed by atoms with Crippen LogP contribution in [0.5, 0.6) is 17.2 Å². The molecule has 1 unspecified atom stereocenters. The van der Waals surface area contributed by atoms with Crippen LogP contribution in [0.4, 0.5) is 0 Å². The van der Waals surface area contributed by atoms with Crippen molar-refractivity contribution in [3.63, 3.8) is 0 Å². The minimum atomic E-state index is -0.202. The molecule has 1 aliphatic rings. The first-order valence-corrected chi connectivity index (χ1v) is 9.04. The Kier molecular flexibility index (Phi) is 6.42. The summed E-state index contributed by atoms with van der Waals surface area (Å²) in [6.07, 6.45) is 6.88. The summed E-state index contributed by atoms with van der Waals surface area (Å²) in [5.74, 6) is 2.15. The fourth-order valence-electron chi connectivity index (χ4n) is 2.78. The molecule has 1 atom stereocenters. The van der Waals surface area contributed by atoms with Gasteiger partial charge in [-0.15, -0.1) is 0 Å². The molecule has 0 amide bonds. The van der Waals surface area contributed by atoms with E-state index in [9.17, 15) is 0 Å². The molecule has 26 heavy (non-hydrogen) atoms. The molecule has 5 heteroatoms. The molecule has 138 valence electrons. The highest BCUT2D eigenvalue weighted by Crippen LogP contribution is 2.29. The smallest absolute Gasteiger partial charge is 0.199 e. The molecule has 2 aromatic carbocycles. The molecule has 0 spiro atoms. The van der Waals surface area contributed by atoms with E-state index in [0.717, 1.165) is 48.5 Å². The summed E-state index contributed by atoms with van der Waals surface area (Å²) in [7, 11) is 3.27. The van der Waals surface area contributed by atoms with Crippen LogP contribution in [-0.4, -0.2) is 27.1 Å². The third kappa shape index (κ3) is 4.93. The predicted octanol–water partition coefficient (Wildman–Crippen LogP) is 5.43. The van der Waals surface area contributed by atoms with Crippen LogP contribution in [0.2, 0.25) is 5.02 Å². The molecule has 3 rings (SSSR count). The van der Waals surface area contributed by atoms with E-state index >= 15 is 0 Å². The summed E-state index contributed by atoms with van der Waals surface area (Å²) in [6.45, 7) is 0.743. The van der Waals surface area contributed by atoms with Crippen LogP contribution in [-0.2, 0) is 4.74 Å². The van der Waals surface area contributed by atoms with Gasteiger partial charge in [0, 0.05) is 12.5 Å². The quantitative estimate of drug-likeness (QED) is 0.631. The zero-order valence-electron chi connectivity index (χ0n) is 15.0. The van der Waals surface area contributed by atoms with Crippen LogP contribution in [0.1, 0.15) is 30.4 Å². The standard InChI is InChI=1S/C21H23ClO4/c1-23-17-11-16(12-18(14-17)24-2)7-6-15-8-9-20(19(22)13-15)26-21-5-3-4-10-25-21/h6-9,11-14,21H,3-5,10H2,1-2H3/b7-6+. The molecule has 0 bridgehead atoms. The van der Waals surface area contributed by atoms with Gasteiger partial charge >= 0.3 is 0 Å². The van der Waals surface area contributed by atoms with Crippen molar-refractivity contribution in [2.75, 3.05) is 20.8 Å². The molecule has 2 aromatic rings. The van der Waals surface area contributed by atoms with Gasteiger partial charge in [-0.3, -0.25) is 0 Å². The minimum Gasteiger partial charge on any atom is -0.497 e. The van der Waals surface area contributed by atoms with Crippen molar-refractivity contribution < 1.29 is 18.9 Å². The van der Waals surface area contributed by atoms with Crippen molar-refractivity contribution in [2.24, 2.45) is 0 Å². The molecule has 0 aromatic heterocycles. The van der Waals surface area contributed by atoms with Gasteiger partial charge in [0.25, 0.3) is 0 Å². The highest BCUT2D eigenvalue weighted by Gasteiger charge is 2.16. The Hall–Kier alpha value is -2.17. The van der Waals surface area contributed by atoms with Crippen LogP contribution in [0.15, 0.2) is 36.4 Å². The van der Waals surface area contributed by atoms with Gasteiger partial charge < -0.3 is 18.9 Å². The number of benzene rings is 2. The number of methoxy groups -OCH3 is 2. The molecule has 1 aliphatic heterocycles. The summed E-state index contributed by atoms with van der Waals surface area (Å²) in [4.78, 5) is 0. The normalized spacial score (nSPS) is 17.3. The number of halogens is 1. The topological polar surface area (TPSA) is 36.9 Å². The van der Waals surface area contributed by atoms with E-state index in [1.165, 1.54) is 0 Å². The monoisotopic (exact) mass is 374 g/mol. The van der Waals surface area contributed by atoms with Gasteiger partial charge in [-0.05, 0) is 48.2 Å². The lowest BCUT2D eigenvalue weighted by atomic mass is 10.1. The predicted molar refractivity (Wildman–Crippen MR) is 104 cm³/mol. The summed E-state index contributed by atoms with van der Waals surface area (Å²) < 4.78 is 22.0. The maximum atomic E-state index is 6.37. The largest absolute Gasteiger partial charge is 0.497 e. The van der Waals surface area contributed by atoms with E-state index in [4.69, 9.17) is 30.5 Å². The summed E-state index contributed by atoms with van der Waals surface area (Å²) in [6, 6.07) is 11.5. The van der Waals surface area contributed by atoms with Gasteiger partial charge in [0.05, 0.1) is 25.8 Å². The number of rotatable bonds is 6. The van der Waals surface area contributed by atoms with Crippen LogP contribution in [0.25, 0.3) is 12.2 Å². The lowest BCUT2D eigenvalue weighted by Crippen LogP contribution is -2.25. The van der Waals surface area contributed by atoms with Crippen LogP contribution in [0, 0.1) is 0 Å². The van der Waals surface area contributed by atoms with Gasteiger partial charge in [0.15, 0.2) is 6.29 Å². The lowest BCUT2D eigenvalue weighted by Gasteiger charge is -2.23. The van der Waals surface area contributed by atoms with Gasteiger partial charge in [-0.1, -0.05) is 29.8 Å². The van der Waals surface area contributed by atoms with Crippen molar-refractivity contribution in [1.29, 1.82) is 0 Å². The Bertz CT molecular complexity index is 744. The first-order valence-electron chi connectivity index (χ1n) is 8.67. The Morgan fingerprint density at radius 2 is 1.69 bits per heavy atom. The highest BCUT2D eigenvalue weighted by molar-refractivity contribution is 6.32. The SMILES string of the molecule is COc1cc(/C=C/c2ccc(OC3CCCCO3)c(Cl)c2)cc(OC)c1. The Morgan fingerprint density at radius 3 is 2.31 bits per heavy atom. The zero-order chi connectivity index (χ0) is 18.4. The van der Waals surface area contributed by atoms with Crippen molar-refractivity contribution in [1.82, 2.24) is 0 Å². The molecular formula is C21H23ClO4. The molecule has 0 aliphatic carbocycles. The maximum absolute atomic E-state index is 6.37. The molecule has 1 heterocycles. The van der Waals surface area contributed by atoms with Gasteiger partial charge in [-0.2, -0.15) is 0 Å². The Balaban J connectivity index is 1.72. The average Bonchev–Trinajstić information content (AvgIpc) is 2.68. The average molecular weight is 375 g/mol. The van der Waals surface area contributed by atoms with Gasteiger partial charge in [0.1, 0.15) is 17.2 Å². The second kappa shape index (κ2) is 8.97. The molecule has 0 saturated carbocycles. The van der Waals surface area contributed by atoms with Crippen molar-refractivity contribution in [3.8, 4) is 17.2 Å². The number of ether oxygens (including phenoxy) is 4. The summed E-state index contributed by atoms with van der Waals surface area (Å²) in [5.41, 5.74) is 1.96. The first-order chi connectivity index (χ1) is 12.7. The number of hydrogen-bond acceptors (Lipinski definition) is 4. The first kappa shape index (κ1) is 18.6. The minimum absolute atomic E-state index is 0.202. The lowest BCUT2D eigenvalue weighted by molar-refractivity contribution is -0.105. The van der Waals surface area contributed by atoms with Gasteiger partial charge in [0.2, 0.25) is 0 Å². The Labute approximate surface area is 159 Å². The second-order valence-electron chi connectivity index (χ2n) is 6.08. The van der Waals surface area contributed by atoms with Crippen molar-refractivity contribution >= 4 is 23.8 Å². The van der Waals surface area contributed by atoms with E-state index in [0.29, 0.717) is 10.8 Å². The highest BCUT2D eigenvalue weighted by atomic mass is 35.5. The molecular weight excluding hydrogens is 352 g/mol. The third-order valence-electron chi connectivity index (χ3n) is 4.19. The molecule has 1 saturated heterocycles. The maximum Gasteiger partial charge on any atom is 0.199 e. The van der Waals surface area contributed by atoms with Crippen molar-refractivity contribution in [3.05, 3.63) is 52.5 Å². The molecule has 4 nitrogen and oxygen atoms in total. The van der Waals surface area contributed by atoms with E-state index in [2.05, 4.69) is 0 Å². The fourth-order valence-corrected chi connectivity index (χ4v) is 3.01. The molecule has 1 fully saturated rings. The zero-order valence-corrected chi connectivity index (χ0v) is 15.8. The van der Waals surface area contributed by atoms with E-state index in [-0.39, 0.29) is 6.29 Å². The third-order valence-corrected chi connectivity index (χ3v) is 4.49. The van der Waals surface area contributed by atoms with Crippen LogP contribution in [0.3, 0.4) is 0 Å².